The fourth-order valence-corrected chi connectivity index (χ4v) is 3.86. The highest BCUT2D eigenvalue weighted by Gasteiger charge is 2.13. The molecule has 3 rings (SSSR count). The van der Waals surface area contributed by atoms with Gasteiger partial charge in [-0.25, -0.2) is 0 Å². The number of aliphatic carboxylic acids is 1. The third-order valence-corrected chi connectivity index (χ3v) is 6.18. The maximum Gasteiger partial charge on any atom is 0.306 e. The lowest BCUT2D eigenvalue weighted by atomic mass is 9.97. The topological polar surface area (TPSA) is 96.9 Å². The molecule has 0 heterocycles. The predicted octanol–water partition coefficient (Wildman–Crippen LogP) is 4.96. The highest BCUT2D eigenvalue weighted by atomic mass is 16.5. The summed E-state index contributed by atoms with van der Waals surface area (Å²) in [6, 6.07) is 22.2. The van der Waals surface area contributed by atoms with Crippen LogP contribution in [0.15, 0.2) is 66.7 Å². The Morgan fingerprint density at radius 2 is 1.73 bits per heavy atom. The Morgan fingerprint density at radius 3 is 2.46 bits per heavy atom. The highest BCUT2D eigenvalue weighted by Crippen LogP contribution is 2.29. The number of carboxylic acid groups (broad SMARTS) is 1. The molecular formula is C30H36N2O5. The van der Waals surface area contributed by atoms with E-state index in [9.17, 15) is 9.59 Å². The van der Waals surface area contributed by atoms with Crippen molar-refractivity contribution in [2.45, 2.75) is 40.3 Å². The van der Waals surface area contributed by atoms with Crippen molar-refractivity contribution < 1.29 is 24.2 Å². The molecule has 1 atom stereocenters. The first-order valence-electron chi connectivity index (χ1n) is 12.6. The molecule has 0 bridgehead atoms. The number of ether oxygens (including phenoxy) is 2. The van der Waals surface area contributed by atoms with E-state index < -0.39 is 11.9 Å². The quantitative estimate of drug-likeness (QED) is 0.269. The van der Waals surface area contributed by atoms with Crippen molar-refractivity contribution in [1.82, 2.24) is 10.6 Å². The van der Waals surface area contributed by atoms with Crippen LogP contribution in [-0.4, -0.2) is 36.7 Å². The fourth-order valence-electron chi connectivity index (χ4n) is 3.86. The van der Waals surface area contributed by atoms with Crippen molar-refractivity contribution in [2.75, 3.05) is 19.7 Å². The molecule has 3 aromatic carbocycles. The van der Waals surface area contributed by atoms with Crippen LogP contribution in [-0.2, 0) is 22.7 Å². The van der Waals surface area contributed by atoms with Crippen molar-refractivity contribution >= 4 is 11.9 Å². The van der Waals surface area contributed by atoms with Gasteiger partial charge in [-0.15, -0.1) is 0 Å². The SMILES string of the molecule is CC(=O)NCCNCc1ccc(OCc2cccc(-c3ccccc3)c2C)cc1OCCC(C)C(=O)O. The van der Waals surface area contributed by atoms with Gasteiger partial charge in [0.15, 0.2) is 0 Å². The number of amides is 1. The van der Waals surface area contributed by atoms with Gasteiger partial charge in [-0.2, -0.15) is 0 Å². The maximum atomic E-state index is 11.2. The molecule has 3 aromatic rings. The first-order chi connectivity index (χ1) is 17.8. The van der Waals surface area contributed by atoms with E-state index in [-0.39, 0.29) is 12.5 Å². The van der Waals surface area contributed by atoms with Crippen LogP contribution < -0.4 is 20.1 Å². The van der Waals surface area contributed by atoms with Crippen LogP contribution in [0, 0.1) is 12.8 Å². The zero-order valence-electron chi connectivity index (χ0n) is 21.8. The summed E-state index contributed by atoms with van der Waals surface area (Å²) in [5.74, 6) is -0.0683. The Bertz CT molecular complexity index is 1180. The number of hydrogen-bond acceptors (Lipinski definition) is 5. The molecule has 1 unspecified atom stereocenters. The molecular weight excluding hydrogens is 468 g/mol. The van der Waals surface area contributed by atoms with E-state index in [0.29, 0.717) is 44.2 Å². The molecule has 0 saturated heterocycles. The molecule has 0 radical (unpaired) electrons. The number of hydrogen-bond donors (Lipinski definition) is 3. The molecule has 0 aliphatic carbocycles. The van der Waals surface area contributed by atoms with Gasteiger partial charge in [0, 0.05) is 38.2 Å². The van der Waals surface area contributed by atoms with E-state index in [1.165, 1.54) is 23.6 Å². The second-order valence-electron chi connectivity index (χ2n) is 9.05. The number of nitrogens with one attached hydrogen (secondary N) is 2. The van der Waals surface area contributed by atoms with Crippen LogP contribution in [0.25, 0.3) is 11.1 Å². The monoisotopic (exact) mass is 504 g/mol. The molecule has 0 aromatic heterocycles. The van der Waals surface area contributed by atoms with Crippen LogP contribution >= 0.6 is 0 Å². The number of carboxylic acids is 1. The summed E-state index contributed by atoms with van der Waals surface area (Å²) in [4.78, 5) is 22.2. The smallest absolute Gasteiger partial charge is 0.306 e. The minimum atomic E-state index is -0.839. The fraction of sp³-hybridized carbons (Fsp3) is 0.333. The van der Waals surface area contributed by atoms with Crippen molar-refractivity contribution in [3.05, 3.63) is 83.4 Å². The molecule has 0 fully saturated rings. The number of carbonyl (C=O) groups is 2. The summed E-state index contributed by atoms with van der Waals surface area (Å²) in [6.45, 7) is 7.65. The lowest BCUT2D eigenvalue weighted by Crippen LogP contribution is -2.30. The van der Waals surface area contributed by atoms with Gasteiger partial charge in [0.25, 0.3) is 0 Å². The second kappa shape index (κ2) is 14.0. The van der Waals surface area contributed by atoms with Crippen LogP contribution in [0.3, 0.4) is 0 Å². The highest BCUT2D eigenvalue weighted by molar-refractivity contribution is 5.72. The van der Waals surface area contributed by atoms with Gasteiger partial charge in [-0.1, -0.05) is 61.5 Å². The molecule has 1 amide bonds. The third kappa shape index (κ3) is 8.65. The Balaban J connectivity index is 1.69. The molecule has 196 valence electrons. The van der Waals surface area contributed by atoms with Crippen LogP contribution in [0.5, 0.6) is 11.5 Å². The van der Waals surface area contributed by atoms with E-state index in [4.69, 9.17) is 14.6 Å². The van der Waals surface area contributed by atoms with Gasteiger partial charge in [-0.3, -0.25) is 9.59 Å². The maximum absolute atomic E-state index is 11.2. The minimum absolute atomic E-state index is 0.0654. The standard InChI is InChI=1S/C30H36N2O5/c1-21(30(34)35)14-17-36-29-18-27(13-12-25(29)19-31-15-16-32-23(3)33)37-20-26-10-7-11-28(22(26)2)24-8-5-4-6-9-24/h4-13,18,21,31H,14-17,19-20H2,1-3H3,(H,32,33)(H,34,35). The largest absolute Gasteiger partial charge is 0.493 e. The Labute approximate surface area is 218 Å². The normalized spacial score (nSPS) is 11.5. The van der Waals surface area contributed by atoms with Crippen molar-refractivity contribution in [3.8, 4) is 22.6 Å². The molecule has 0 aliphatic rings. The summed E-state index contributed by atoms with van der Waals surface area (Å²) >= 11 is 0. The van der Waals surface area contributed by atoms with Crippen molar-refractivity contribution in [1.29, 1.82) is 0 Å². The number of rotatable bonds is 14. The van der Waals surface area contributed by atoms with Gasteiger partial charge in [-0.05, 0) is 41.7 Å². The molecule has 0 spiro atoms. The summed E-state index contributed by atoms with van der Waals surface area (Å²) in [7, 11) is 0. The van der Waals surface area contributed by atoms with Gasteiger partial charge in [0.1, 0.15) is 18.1 Å². The van der Waals surface area contributed by atoms with Crippen LogP contribution in [0.4, 0.5) is 0 Å². The predicted molar refractivity (Wildman–Crippen MR) is 145 cm³/mol. The molecule has 0 aliphatic heterocycles. The number of carbonyl (C=O) groups excluding carboxylic acids is 1. The Hall–Kier alpha value is -3.84. The summed E-state index contributed by atoms with van der Waals surface area (Å²) < 4.78 is 12.1. The van der Waals surface area contributed by atoms with Crippen molar-refractivity contribution in [3.63, 3.8) is 0 Å². The van der Waals surface area contributed by atoms with Gasteiger partial charge < -0.3 is 25.2 Å². The van der Waals surface area contributed by atoms with E-state index in [1.807, 2.05) is 42.5 Å². The number of benzene rings is 3. The van der Waals surface area contributed by atoms with E-state index in [1.54, 1.807) is 6.92 Å². The van der Waals surface area contributed by atoms with E-state index in [2.05, 4.69) is 41.8 Å². The zero-order valence-corrected chi connectivity index (χ0v) is 21.8. The summed E-state index contributed by atoms with van der Waals surface area (Å²) in [5, 5.41) is 15.2. The summed E-state index contributed by atoms with van der Waals surface area (Å²) in [5.41, 5.74) is 5.55. The third-order valence-electron chi connectivity index (χ3n) is 6.18. The van der Waals surface area contributed by atoms with E-state index in [0.717, 1.165) is 11.1 Å². The van der Waals surface area contributed by atoms with Gasteiger partial charge >= 0.3 is 5.97 Å². The molecule has 0 saturated carbocycles. The van der Waals surface area contributed by atoms with Gasteiger partial charge in [0.2, 0.25) is 5.91 Å². The molecule has 37 heavy (non-hydrogen) atoms. The average molecular weight is 505 g/mol. The van der Waals surface area contributed by atoms with Crippen LogP contribution in [0.2, 0.25) is 0 Å². The van der Waals surface area contributed by atoms with E-state index >= 15 is 0 Å². The Kier molecular flexibility index (Phi) is 10.5. The first-order valence-corrected chi connectivity index (χ1v) is 12.6. The Morgan fingerprint density at radius 1 is 0.946 bits per heavy atom. The van der Waals surface area contributed by atoms with Crippen LogP contribution in [0.1, 0.15) is 37.0 Å². The summed E-state index contributed by atoms with van der Waals surface area (Å²) in [6.07, 6.45) is 0.404. The first kappa shape index (κ1) is 27.7. The zero-order chi connectivity index (χ0) is 26.6. The van der Waals surface area contributed by atoms with Crippen molar-refractivity contribution in [2.24, 2.45) is 5.92 Å². The minimum Gasteiger partial charge on any atom is -0.493 e. The average Bonchev–Trinajstić information content (AvgIpc) is 2.89. The van der Waals surface area contributed by atoms with Gasteiger partial charge in [0.05, 0.1) is 12.5 Å². The molecule has 7 heteroatoms. The second-order valence-corrected chi connectivity index (χ2v) is 9.05. The lowest BCUT2D eigenvalue weighted by molar-refractivity contribution is -0.141. The molecule has 7 nitrogen and oxygen atoms in total. The lowest BCUT2D eigenvalue weighted by Gasteiger charge is -2.16. The molecule has 3 N–H and O–H groups in total.